The molecular formula is C53H33N5S. The van der Waals surface area contributed by atoms with Crippen LogP contribution >= 0.6 is 11.3 Å². The number of fused-ring (bicyclic) bond motifs is 10. The number of rotatable bonds is 6. The highest BCUT2D eigenvalue weighted by Crippen LogP contribution is 2.44. The molecule has 0 saturated carbocycles. The van der Waals surface area contributed by atoms with Crippen molar-refractivity contribution in [2.45, 2.75) is 0 Å². The molecular weight excluding hydrogens is 739 g/mol. The molecule has 0 unspecified atom stereocenters. The quantitative estimate of drug-likeness (QED) is 0.169. The van der Waals surface area contributed by atoms with E-state index in [1.54, 1.807) is 0 Å². The normalized spacial score (nSPS) is 11.7. The van der Waals surface area contributed by atoms with Gasteiger partial charge in [-0.25, -0.2) is 4.98 Å². The van der Waals surface area contributed by atoms with Crippen LogP contribution in [-0.4, -0.2) is 19.5 Å². The van der Waals surface area contributed by atoms with E-state index in [0.717, 1.165) is 55.4 Å². The van der Waals surface area contributed by atoms with Crippen LogP contribution in [0.4, 0.5) is 17.1 Å². The Hall–Kier alpha value is -7.67. The van der Waals surface area contributed by atoms with E-state index in [-0.39, 0.29) is 0 Å². The molecule has 0 amide bonds. The van der Waals surface area contributed by atoms with Crippen LogP contribution in [0.2, 0.25) is 0 Å². The Labute approximate surface area is 343 Å². The van der Waals surface area contributed by atoms with Crippen LogP contribution in [0, 0.1) is 0 Å². The van der Waals surface area contributed by atoms with Gasteiger partial charge in [-0.3, -0.25) is 4.57 Å². The molecule has 276 valence electrons. The SMILES string of the molecule is c1ccc(-c2nc(-c3cc4sc5ccccc5c4c4ccccc34)nc(-n3c4ccc(N(c5ccccc5)c5ccccc5)cc4c4c5ccccc5ccc43)n2)cc1. The molecule has 0 aliphatic carbocycles. The van der Waals surface area contributed by atoms with E-state index >= 15 is 0 Å². The van der Waals surface area contributed by atoms with Gasteiger partial charge in [-0.1, -0.05) is 140 Å². The first-order valence-electron chi connectivity index (χ1n) is 19.8. The molecule has 12 aromatic rings. The van der Waals surface area contributed by atoms with Crippen molar-refractivity contribution in [3.63, 3.8) is 0 Å². The summed E-state index contributed by atoms with van der Waals surface area (Å²) in [7, 11) is 0. The van der Waals surface area contributed by atoms with Gasteiger partial charge in [-0.2, -0.15) is 9.97 Å². The first kappa shape index (κ1) is 33.5. The third kappa shape index (κ3) is 5.42. The van der Waals surface area contributed by atoms with E-state index in [0.29, 0.717) is 17.6 Å². The van der Waals surface area contributed by atoms with Gasteiger partial charge in [0.2, 0.25) is 5.95 Å². The van der Waals surface area contributed by atoms with Gasteiger partial charge < -0.3 is 4.90 Å². The summed E-state index contributed by atoms with van der Waals surface area (Å²) in [6, 6.07) is 70.8. The number of benzene rings is 9. The Kier molecular flexibility index (Phi) is 7.64. The van der Waals surface area contributed by atoms with Gasteiger partial charge in [0.1, 0.15) is 0 Å². The van der Waals surface area contributed by atoms with Gasteiger partial charge in [0.25, 0.3) is 0 Å². The third-order valence-electron chi connectivity index (χ3n) is 11.4. The number of para-hydroxylation sites is 2. The zero-order chi connectivity index (χ0) is 38.9. The summed E-state index contributed by atoms with van der Waals surface area (Å²) in [6.45, 7) is 0. The van der Waals surface area contributed by atoms with E-state index in [1.165, 1.54) is 36.3 Å². The molecule has 3 aromatic heterocycles. The number of hydrogen-bond acceptors (Lipinski definition) is 5. The van der Waals surface area contributed by atoms with Crippen LogP contribution in [-0.2, 0) is 0 Å². The van der Waals surface area contributed by atoms with Gasteiger partial charge >= 0.3 is 0 Å². The van der Waals surface area contributed by atoms with Crippen LogP contribution in [0.5, 0.6) is 0 Å². The Bertz CT molecular complexity index is 3520. The molecule has 0 atom stereocenters. The second-order valence-electron chi connectivity index (χ2n) is 14.8. The predicted molar refractivity (Wildman–Crippen MR) is 248 cm³/mol. The van der Waals surface area contributed by atoms with Gasteiger partial charge in [0.05, 0.1) is 11.0 Å². The highest BCUT2D eigenvalue weighted by Gasteiger charge is 2.23. The molecule has 0 bridgehead atoms. The second-order valence-corrected chi connectivity index (χ2v) is 15.9. The van der Waals surface area contributed by atoms with Gasteiger partial charge in [0.15, 0.2) is 11.6 Å². The van der Waals surface area contributed by atoms with Crippen LogP contribution in [0.3, 0.4) is 0 Å². The Morgan fingerprint density at radius 2 is 1.00 bits per heavy atom. The summed E-state index contributed by atoms with van der Waals surface area (Å²) < 4.78 is 4.70. The second kappa shape index (κ2) is 13.5. The summed E-state index contributed by atoms with van der Waals surface area (Å²) in [6.07, 6.45) is 0. The standard InChI is InChI=1S/C53H33N5S/c1-4-17-35(18-5-1)51-54-52(43-33-48-50(41-25-13-12-24-40(41)43)42-26-14-15-27-47(42)59-48)56-53(55-51)58-45-31-29-38(57(36-19-6-2-7-20-36)37-21-8-3-9-22-37)32-44(45)49-39-23-11-10-16-34(39)28-30-46(49)58/h1-33H. The van der Waals surface area contributed by atoms with Crippen molar-refractivity contribution in [1.29, 1.82) is 0 Å². The van der Waals surface area contributed by atoms with E-state index in [4.69, 9.17) is 15.0 Å². The van der Waals surface area contributed by atoms with Crippen molar-refractivity contribution in [3.05, 3.63) is 200 Å². The summed E-state index contributed by atoms with van der Waals surface area (Å²) >= 11 is 1.81. The topological polar surface area (TPSA) is 46.8 Å². The van der Waals surface area contributed by atoms with E-state index in [1.807, 2.05) is 29.5 Å². The van der Waals surface area contributed by atoms with E-state index in [9.17, 15) is 0 Å². The molecule has 0 saturated heterocycles. The highest BCUT2D eigenvalue weighted by atomic mass is 32.1. The molecule has 0 spiro atoms. The molecule has 59 heavy (non-hydrogen) atoms. The number of hydrogen-bond donors (Lipinski definition) is 0. The van der Waals surface area contributed by atoms with Crippen molar-refractivity contribution < 1.29 is 0 Å². The van der Waals surface area contributed by atoms with Crippen LogP contribution in [0.25, 0.3) is 92.2 Å². The highest BCUT2D eigenvalue weighted by molar-refractivity contribution is 7.26. The summed E-state index contributed by atoms with van der Waals surface area (Å²) in [4.78, 5) is 18.4. The maximum Gasteiger partial charge on any atom is 0.238 e. The third-order valence-corrected chi connectivity index (χ3v) is 12.5. The zero-order valence-electron chi connectivity index (χ0n) is 31.7. The lowest BCUT2D eigenvalue weighted by atomic mass is 9.99. The van der Waals surface area contributed by atoms with Gasteiger partial charge in [-0.15, -0.1) is 11.3 Å². The minimum absolute atomic E-state index is 0.570. The summed E-state index contributed by atoms with van der Waals surface area (Å²) in [5.41, 5.74) is 7.19. The molecule has 12 rings (SSSR count). The Morgan fingerprint density at radius 1 is 0.390 bits per heavy atom. The van der Waals surface area contributed by atoms with Crippen molar-refractivity contribution in [2.75, 3.05) is 4.90 Å². The Balaban J connectivity index is 1.16. The molecule has 5 nitrogen and oxygen atoms in total. The predicted octanol–water partition coefficient (Wildman–Crippen LogP) is 14.4. The zero-order valence-corrected chi connectivity index (χ0v) is 32.5. The lowest BCUT2D eigenvalue weighted by Crippen LogP contribution is -2.09. The van der Waals surface area contributed by atoms with E-state index in [2.05, 4.69) is 191 Å². The molecule has 0 aliphatic rings. The number of aromatic nitrogens is 4. The minimum atomic E-state index is 0.570. The first-order valence-corrected chi connectivity index (χ1v) is 20.6. The lowest BCUT2D eigenvalue weighted by Gasteiger charge is -2.25. The van der Waals surface area contributed by atoms with Crippen LogP contribution in [0.15, 0.2) is 200 Å². The van der Waals surface area contributed by atoms with E-state index < -0.39 is 0 Å². The molecule has 9 aromatic carbocycles. The lowest BCUT2D eigenvalue weighted by molar-refractivity contribution is 0.954. The summed E-state index contributed by atoms with van der Waals surface area (Å²) in [5.74, 6) is 1.83. The summed E-state index contributed by atoms with van der Waals surface area (Å²) in [5, 5.41) is 9.47. The molecule has 6 heteroatoms. The average molecular weight is 772 g/mol. The maximum atomic E-state index is 5.45. The first-order chi connectivity index (χ1) is 29.3. The van der Waals surface area contributed by atoms with Crippen molar-refractivity contribution in [1.82, 2.24) is 19.5 Å². The maximum absolute atomic E-state index is 5.45. The largest absolute Gasteiger partial charge is 0.310 e. The van der Waals surface area contributed by atoms with Crippen molar-refractivity contribution in [2.24, 2.45) is 0 Å². The smallest absolute Gasteiger partial charge is 0.238 e. The number of thiophene rings is 1. The molecule has 0 aliphatic heterocycles. The average Bonchev–Trinajstić information content (AvgIpc) is 3.86. The fourth-order valence-electron chi connectivity index (χ4n) is 8.81. The molecule has 3 heterocycles. The van der Waals surface area contributed by atoms with Crippen molar-refractivity contribution >= 4 is 91.9 Å². The molecule has 0 radical (unpaired) electrons. The number of nitrogens with zero attached hydrogens (tertiary/aromatic N) is 5. The fraction of sp³-hybridized carbons (Fsp3) is 0. The minimum Gasteiger partial charge on any atom is -0.310 e. The molecule has 0 N–H and O–H groups in total. The molecule has 0 fully saturated rings. The van der Waals surface area contributed by atoms with Crippen LogP contribution in [0.1, 0.15) is 0 Å². The van der Waals surface area contributed by atoms with Crippen LogP contribution < -0.4 is 4.90 Å². The monoisotopic (exact) mass is 771 g/mol. The van der Waals surface area contributed by atoms with Gasteiger partial charge in [0, 0.05) is 59.1 Å². The fourth-order valence-corrected chi connectivity index (χ4v) is 9.97. The number of anilines is 3. The van der Waals surface area contributed by atoms with Gasteiger partial charge in [-0.05, 0) is 82.2 Å². The Morgan fingerprint density at radius 3 is 1.76 bits per heavy atom. The van der Waals surface area contributed by atoms with Crippen molar-refractivity contribution in [3.8, 4) is 28.7 Å².